The second-order valence-corrected chi connectivity index (χ2v) is 8.33. The van der Waals surface area contributed by atoms with E-state index in [-0.39, 0.29) is 4.90 Å². The molecule has 7 nitrogen and oxygen atoms in total. The molecule has 0 radical (unpaired) electrons. The van der Waals surface area contributed by atoms with Crippen molar-refractivity contribution in [3.8, 4) is 16.4 Å². The molecule has 3 aromatic rings. The molecule has 2 heterocycles. The van der Waals surface area contributed by atoms with E-state index < -0.39 is 10.0 Å². The van der Waals surface area contributed by atoms with E-state index in [0.29, 0.717) is 22.3 Å². The van der Waals surface area contributed by atoms with Gasteiger partial charge in [-0.2, -0.15) is 9.47 Å². The lowest BCUT2D eigenvalue weighted by atomic mass is 10.1. The molecule has 0 unspecified atom stereocenters. The normalized spacial score (nSPS) is 14.8. The van der Waals surface area contributed by atoms with Crippen molar-refractivity contribution in [1.82, 2.24) is 19.1 Å². The van der Waals surface area contributed by atoms with Crippen molar-refractivity contribution >= 4 is 21.6 Å². The van der Waals surface area contributed by atoms with Gasteiger partial charge in [-0.3, -0.25) is 0 Å². The first-order valence-electron chi connectivity index (χ1n) is 8.01. The molecule has 4 rings (SSSR count). The number of rotatable bonds is 5. The van der Waals surface area contributed by atoms with Crippen LogP contribution in [-0.4, -0.2) is 27.6 Å². The van der Waals surface area contributed by atoms with Gasteiger partial charge in [-0.15, -0.1) is 0 Å². The summed E-state index contributed by atoms with van der Waals surface area (Å²) in [5.41, 5.74) is 2.19. The summed E-state index contributed by atoms with van der Waals surface area (Å²) in [5.74, 6) is 1.29. The van der Waals surface area contributed by atoms with Gasteiger partial charge in [-0.25, -0.2) is 23.2 Å². The molecule has 25 heavy (non-hydrogen) atoms. The summed E-state index contributed by atoms with van der Waals surface area (Å²) in [5, 5.41) is 10.4. The zero-order valence-electron chi connectivity index (χ0n) is 13.6. The first-order valence-corrected chi connectivity index (χ1v) is 10.3. The van der Waals surface area contributed by atoms with Crippen molar-refractivity contribution in [3.05, 3.63) is 41.9 Å². The zero-order valence-corrected chi connectivity index (χ0v) is 15.2. The van der Waals surface area contributed by atoms with Gasteiger partial charge >= 0.3 is 0 Å². The van der Waals surface area contributed by atoms with Crippen LogP contribution in [0.15, 0.2) is 35.4 Å². The standard InChI is InChI=1S/C16H17N5O2S2/c1-2-10-3-6-14(25(17,22)23)12(9-10)13-7-8-18-21(13)16-19-15(20-24-16)11-4-5-11/h3,6-9,11H,2,4-5H2,1H3,(H2,17,22,23). The van der Waals surface area contributed by atoms with Crippen molar-refractivity contribution in [2.24, 2.45) is 5.14 Å². The van der Waals surface area contributed by atoms with Crippen LogP contribution in [0.5, 0.6) is 0 Å². The van der Waals surface area contributed by atoms with Crippen molar-refractivity contribution in [3.63, 3.8) is 0 Å². The fourth-order valence-corrected chi connectivity index (χ4v) is 4.17. The number of nitrogens with two attached hydrogens (primary N) is 1. The van der Waals surface area contributed by atoms with Crippen molar-refractivity contribution in [2.45, 2.75) is 37.0 Å². The topological polar surface area (TPSA) is 104 Å². The Morgan fingerprint density at radius 3 is 2.80 bits per heavy atom. The third-order valence-electron chi connectivity index (χ3n) is 4.23. The van der Waals surface area contributed by atoms with Crippen LogP contribution in [0.3, 0.4) is 0 Å². The number of hydrogen-bond acceptors (Lipinski definition) is 6. The van der Waals surface area contributed by atoms with Gasteiger partial charge in [-0.1, -0.05) is 13.0 Å². The Kier molecular flexibility index (Phi) is 3.94. The lowest BCUT2D eigenvalue weighted by molar-refractivity contribution is 0.598. The Morgan fingerprint density at radius 1 is 1.32 bits per heavy atom. The van der Waals surface area contributed by atoms with Gasteiger partial charge in [0.05, 0.1) is 16.8 Å². The highest BCUT2D eigenvalue weighted by Crippen LogP contribution is 2.39. The van der Waals surface area contributed by atoms with Crippen LogP contribution in [0.25, 0.3) is 16.4 Å². The van der Waals surface area contributed by atoms with E-state index >= 15 is 0 Å². The van der Waals surface area contributed by atoms with Gasteiger partial charge in [-0.05, 0) is 43.0 Å². The number of benzene rings is 1. The lowest BCUT2D eigenvalue weighted by Gasteiger charge is -2.11. The average Bonchev–Trinajstić information content (AvgIpc) is 3.12. The molecule has 0 aliphatic heterocycles. The summed E-state index contributed by atoms with van der Waals surface area (Å²) in [6, 6.07) is 6.94. The van der Waals surface area contributed by atoms with Crippen LogP contribution < -0.4 is 5.14 Å². The summed E-state index contributed by atoms with van der Waals surface area (Å²) < 4.78 is 30.1. The summed E-state index contributed by atoms with van der Waals surface area (Å²) in [6.45, 7) is 2.01. The Balaban J connectivity index is 1.86. The molecule has 0 bridgehead atoms. The van der Waals surface area contributed by atoms with Gasteiger partial charge in [0, 0.05) is 23.0 Å². The largest absolute Gasteiger partial charge is 0.238 e. The molecule has 0 amide bonds. The fraction of sp³-hybridized carbons (Fsp3) is 0.312. The first kappa shape index (κ1) is 16.4. The van der Waals surface area contributed by atoms with E-state index in [1.165, 1.54) is 11.5 Å². The molecule has 1 aliphatic carbocycles. The number of aromatic nitrogens is 4. The van der Waals surface area contributed by atoms with E-state index in [2.05, 4.69) is 14.5 Å². The predicted octanol–water partition coefficient (Wildman–Crippen LogP) is 2.48. The maximum absolute atomic E-state index is 12.0. The number of primary sulfonamides is 1. The van der Waals surface area contributed by atoms with Crippen LogP contribution >= 0.6 is 11.5 Å². The van der Waals surface area contributed by atoms with E-state index in [9.17, 15) is 8.42 Å². The molecule has 1 aliphatic rings. The highest BCUT2D eigenvalue weighted by atomic mass is 32.2. The molecule has 1 saturated carbocycles. The minimum absolute atomic E-state index is 0.0818. The molecular weight excluding hydrogens is 358 g/mol. The van der Waals surface area contributed by atoms with Gasteiger partial charge in [0.2, 0.25) is 15.2 Å². The van der Waals surface area contributed by atoms with Crippen LogP contribution in [0.4, 0.5) is 0 Å². The highest BCUT2D eigenvalue weighted by Gasteiger charge is 2.28. The summed E-state index contributed by atoms with van der Waals surface area (Å²) in [6.07, 6.45) is 4.65. The number of nitrogens with zero attached hydrogens (tertiary/aromatic N) is 4. The Bertz CT molecular complexity index is 1030. The van der Waals surface area contributed by atoms with Crippen molar-refractivity contribution < 1.29 is 8.42 Å². The first-order chi connectivity index (χ1) is 12.0. The van der Waals surface area contributed by atoms with E-state index in [4.69, 9.17) is 5.14 Å². The van der Waals surface area contributed by atoms with E-state index in [1.54, 1.807) is 29.1 Å². The number of aryl methyl sites for hydroxylation is 1. The summed E-state index contributed by atoms with van der Waals surface area (Å²) in [4.78, 5) is 4.64. The Morgan fingerprint density at radius 2 is 2.12 bits per heavy atom. The fourth-order valence-electron chi connectivity index (χ4n) is 2.72. The number of hydrogen-bond donors (Lipinski definition) is 1. The number of sulfonamides is 1. The van der Waals surface area contributed by atoms with Crippen molar-refractivity contribution in [2.75, 3.05) is 0 Å². The average molecular weight is 375 g/mol. The maximum Gasteiger partial charge on any atom is 0.238 e. The molecule has 0 spiro atoms. The molecular formula is C16H17N5O2S2. The smallest absolute Gasteiger partial charge is 0.225 e. The van der Waals surface area contributed by atoms with E-state index in [1.807, 2.05) is 13.0 Å². The second-order valence-electron chi connectivity index (χ2n) is 6.07. The van der Waals surface area contributed by atoms with Crippen LogP contribution in [0, 0.1) is 0 Å². The third-order valence-corrected chi connectivity index (χ3v) is 5.91. The minimum atomic E-state index is -3.86. The lowest BCUT2D eigenvalue weighted by Crippen LogP contribution is -2.14. The minimum Gasteiger partial charge on any atom is -0.225 e. The van der Waals surface area contributed by atoms with Crippen LogP contribution in [0.1, 0.15) is 37.1 Å². The van der Waals surface area contributed by atoms with Crippen molar-refractivity contribution in [1.29, 1.82) is 0 Å². The molecule has 0 saturated heterocycles. The summed E-state index contributed by atoms with van der Waals surface area (Å²) >= 11 is 1.27. The molecule has 130 valence electrons. The van der Waals surface area contributed by atoms with E-state index in [0.717, 1.165) is 30.7 Å². The SMILES string of the molecule is CCc1ccc(S(N)(=O)=O)c(-c2ccnn2-c2nc(C3CC3)ns2)c1. The molecule has 0 atom stereocenters. The molecule has 1 fully saturated rings. The summed E-state index contributed by atoms with van der Waals surface area (Å²) in [7, 11) is -3.86. The van der Waals surface area contributed by atoms with Gasteiger partial charge in [0.1, 0.15) is 5.82 Å². The zero-order chi connectivity index (χ0) is 17.6. The predicted molar refractivity (Wildman–Crippen MR) is 95.2 cm³/mol. The second kappa shape index (κ2) is 6.01. The quantitative estimate of drug-likeness (QED) is 0.738. The van der Waals surface area contributed by atoms with Gasteiger partial charge in [0.15, 0.2) is 0 Å². The highest BCUT2D eigenvalue weighted by molar-refractivity contribution is 7.89. The molecule has 2 N–H and O–H groups in total. The Hall–Kier alpha value is -2.10. The molecule has 1 aromatic carbocycles. The molecule has 2 aromatic heterocycles. The third kappa shape index (κ3) is 3.10. The monoisotopic (exact) mass is 375 g/mol. The van der Waals surface area contributed by atoms with Crippen LogP contribution in [-0.2, 0) is 16.4 Å². The van der Waals surface area contributed by atoms with Crippen LogP contribution in [0.2, 0.25) is 0 Å². The van der Waals surface area contributed by atoms with Gasteiger partial charge < -0.3 is 0 Å². The Labute approximate surface area is 149 Å². The molecule has 9 heteroatoms. The maximum atomic E-state index is 12.0. The van der Waals surface area contributed by atoms with Gasteiger partial charge in [0.25, 0.3) is 0 Å².